The van der Waals surface area contributed by atoms with Crippen LogP contribution in [0, 0.1) is 5.92 Å². The topological polar surface area (TPSA) is 42.0 Å². The van der Waals surface area contributed by atoms with Gasteiger partial charge in [-0.05, 0) is 30.9 Å². The van der Waals surface area contributed by atoms with Crippen molar-refractivity contribution in [1.82, 2.24) is 4.98 Å². The third-order valence-electron chi connectivity index (χ3n) is 2.72. The molecule has 1 aliphatic carbocycles. The van der Waals surface area contributed by atoms with Crippen LogP contribution in [0.5, 0.6) is 0 Å². The second-order valence-electron chi connectivity index (χ2n) is 4.25. The summed E-state index contributed by atoms with van der Waals surface area (Å²) in [5.74, 6) is 0.953. The van der Waals surface area contributed by atoms with Crippen molar-refractivity contribution in [2.24, 2.45) is 5.92 Å². The molecule has 0 spiro atoms. The lowest BCUT2D eigenvalue weighted by atomic mass is 10.2. The van der Waals surface area contributed by atoms with Crippen molar-refractivity contribution in [1.29, 1.82) is 0 Å². The average molecular weight is 239 g/mol. The molecule has 0 aliphatic heterocycles. The smallest absolute Gasteiger partial charge is 0.224 e. The van der Waals surface area contributed by atoms with E-state index in [9.17, 15) is 4.79 Å². The second-order valence-corrected chi connectivity index (χ2v) is 4.64. The molecule has 86 valence electrons. The monoisotopic (exact) mass is 238 g/mol. The van der Waals surface area contributed by atoms with Crippen molar-refractivity contribution >= 4 is 23.2 Å². The summed E-state index contributed by atoms with van der Waals surface area (Å²) in [6.07, 6.45) is 7.04. The van der Waals surface area contributed by atoms with Crippen molar-refractivity contribution in [2.75, 3.05) is 5.32 Å². The minimum atomic E-state index is 0.0600. The Balaban J connectivity index is 1.70. The molecule has 0 saturated heterocycles. The maximum absolute atomic E-state index is 11.5. The van der Waals surface area contributed by atoms with Gasteiger partial charge in [-0.15, -0.1) is 0 Å². The quantitative estimate of drug-likeness (QED) is 0.800. The van der Waals surface area contributed by atoms with Gasteiger partial charge in [0.25, 0.3) is 0 Å². The molecule has 2 rings (SSSR count). The molecule has 0 bridgehead atoms. The van der Waals surface area contributed by atoms with Crippen LogP contribution in [-0.4, -0.2) is 10.9 Å². The fraction of sp³-hybridized carbons (Fsp3) is 0.500. The van der Waals surface area contributed by atoms with Crippen LogP contribution in [0.4, 0.5) is 5.69 Å². The molecule has 1 aromatic heterocycles. The first kappa shape index (κ1) is 11.4. The first-order chi connectivity index (χ1) is 7.74. The van der Waals surface area contributed by atoms with E-state index < -0.39 is 0 Å². The number of halogens is 1. The predicted molar refractivity (Wildman–Crippen MR) is 64.5 cm³/mol. The third-order valence-corrected chi connectivity index (χ3v) is 2.95. The van der Waals surface area contributed by atoms with E-state index in [1.807, 2.05) is 0 Å². The Morgan fingerprint density at radius 3 is 2.94 bits per heavy atom. The molecule has 1 saturated carbocycles. The van der Waals surface area contributed by atoms with Gasteiger partial charge in [-0.25, -0.2) is 4.98 Å². The number of pyridine rings is 1. The van der Waals surface area contributed by atoms with E-state index in [-0.39, 0.29) is 5.91 Å². The summed E-state index contributed by atoms with van der Waals surface area (Å²) in [5.41, 5.74) is 0.709. The molecule has 16 heavy (non-hydrogen) atoms. The highest BCUT2D eigenvalue weighted by molar-refractivity contribution is 6.29. The van der Waals surface area contributed by atoms with Crippen LogP contribution < -0.4 is 5.32 Å². The van der Waals surface area contributed by atoms with Gasteiger partial charge in [0.15, 0.2) is 0 Å². The standard InChI is InChI=1S/C12H15ClN2O/c13-11-7-6-10(8-14-11)15-12(16)3-1-2-9-4-5-9/h6-9H,1-5H2,(H,15,16). The number of carbonyl (C=O) groups excluding carboxylic acids is 1. The summed E-state index contributed by atoms with van der Waals surface area (Å²) in [4.78, 5) is 15.4. The molecule has 3 nitrogen and oxygen atoms in total. The van der Waals surface area contributed by atoms with Crippen molar-refractivity contribution < 1.29 is 4.79 Å². The highest BCUT2D eigenvalue weighted by Crippen LogP contribution is 2.33. The largest absolute Gasteiger partial charge is 0.325 e. The highest BCUT2D eigenvalue weighted by atomic mass is 35.5. The number of rotatable bonds is 5. The van der Waals surface area contributed by atoms with Crippen LogP contribution >= 0.6 is 11.6 Å². The van der Waals surface area contributed by atoms with Gasteiger partial charge in [-0.2, -0.15) is 0 Å². The molecule has 0 unspecified atom stereocenters. The van der Waals surface area contributed by atoms with Crippen molar-refractivity contribution in [3.05, 3.63) is 23.5 Å². The molecule has 1 aromatic rings. The van der Waals surface area contributed by atoms with Crippen LogP contribution in [0.1, 0.15) is 32.1 Å². The number of amides is 1. The van der Waals surface area contributed by atoms with E-state index in [4.69, 9.17) is 11.6 Å². The maximum Gasteiger partial charge on any atom is 0.224 e. The first-order valence-corrected chi connectivity index (χ1v) is 6.03. The van der Waals surface area contributed by atoms with Crippen molar-refractivity contribution in [2.45, 2.75) is 32.1 Å². The Bertz CT molecular complexity index is 360. The number of hydrogen-bond donors (Lipinski definition) is 1. The zero-order valence-corrected chi connectivity index (χ0v) is 9.83. The Hall–Kier alpha value is -1.09. The molecule has 0 radical (unpaired) electrons. The van der Waals surface area contributed by atoms with Crippen molar-refractivity contribution in [3.8, 4) is 0 Å². The molecule has 1 amide bonds. The molecule has 0 aromatic carbocycles. The Kier molecular flexibility index (Phi) is 3.78. The van der Waals surface area contributed by atoms with Gasteiger partial charge in [-0.1, -0.05) is 24.4 Å². The fourth-order valence-corrected chi connectivity index (χ4v) is 1.74. The van der Waals surface area contributed by atoms with Crippen LogP contribution in [0.15, 0.2) is 18.3 Å². The fourth-order valence-electron chi connectivity index (χ4n) is 1.63. The third kappa shape index (κ3) is 3.81. The van der Waals surface area contributed by atoms with Crippen LogP contribution in [0.2, 0.25) is 5.15 Å². The molecule has 1 N–H and O–H groups in total. The van der Waals surface area contributed by atoms with E-state index in [1.165, 1.54) is 19.3 Å². The van der Waals surface area contributed by atoms with Crippen LogP contribution in [0.3, 0.4) is 0 Å². The molecule has 1 aliphatic rings. The second kappa shape index (κ2) is 5.30. The number of anilines is 1. The van der Waals surface area contributed by atoms with Crippen molar-refractivity contribution in [3.63, 3.8) is 0 Å². The molecular weight excluding hydrogens is 224 g/mol. The van der Waals surface area contributed by atoms with Gasteiger partial charge in [0.2, 0.25) is 5.91 Å². The van der Waals surface area contributed by atoms with Gasteiger partial charge >= 0.3 is 0 Å². The number of aromatic nitrogens is 1. The van der Waals surface area contributed by atoms with Crippen LogP contribution in [-0.2, 0) is 4.79 Å². The lowest BCUT2D eigenvalue weighted by Crippen LogP contribution is -2.11. The Morgan fingerprint density at radius 2 is 2.31 bits per heavy atom. The maximum atomic E-state index is 11.5. The van der Waals surface area contributed by atoms with E-state index in [1.54, 1.807) is 18.3 Å². The number of nitrogens with zero attached hydrogens (tertiary/aromatic N) is 1. The minimum Gasteiger partial charge on any atom is -0.325 e. The first-order valence-electron chi connectivity index (χ1n) is 5.65. The normalized spacial score (nSPS) is 14.8. The molecule has 1 fully saturated rings. The zero-order valence-electron chi connectivity index (χ0n) is 9.08. The molecule has 0 atom stereocenters. The van der Waals surface area contributed by atoms with Gasteiger partial charge in [0, 0.05) is 6.42 Å². The van der Waals surface area contributed by atoms with Gasteiger partial charge in [0.05, 0.1) is 11.9 Å². The number of nitrogens with one attached hydrogen (secondary N) is 1. The van der Waals surface area contributed by atoms with E-state index in [0.717, 1.165) is 12.3 Å². The lowest BCUT2D eigenvalue weighted by Gasteiger charge is -2.04. The molecule has 1 heterocycles. The van der Waals surface area contributed by atoms with Crippen LogP contribution in [0.25, 0.3) is 0 Å². The lowest BCUT2D eigenvalue weighted by molar-refractivity contribution is -0.116. The minimum absolute atomic E-state index is 0.0600. The summed E-state index contributed by atoms with van der Waals surface area (Å²) in [6, 6.07) is 3.43. The number of carbonyl (C=O) groups is 1. The zero-order chi connectivity index (χ0) is 11.4. The van der Waals surface area contributed by atoms with Gasteiger partial charge in [-0.3, -0.25) is 4.79 Å². The van der Waals surface area contributed by atoms with E-state index >= 15 is 0 Å². The van der Waals surface area contributed by atoms with E-state index in [0.29, 0.717) is 17.3 Å². The summed E-state index contributed by atoms with van der Waals surface area (Å²) >= 11 is 5.65. The summed E-state index contributed by atoms with van der Waals surface area (Å²) in [7, 11) is 0. The molecular formula is C12H15ClN2O. The summed E-state index contributed by atoms with van der Waals surface area (Å²) in [5, 5.41) is 3.24. The summed E-state index contributed by atoms with van der Waals surface area (Å²) in [6.45, 7) is 0. The molecule has 4 heteroatoms. The average Bonchev–Trinajstić information content (AvgIpc) is 3.05. The van der Waals surface area contributed by atoms with E-state index in [2.05, 4.69) is 10.3 Å². The highest BCUT2D eigenvalue weighted by Gasteiger charge is 2.20. The van der Waals surface area contributed by atoms with Gasteiger partial charge in [0.1, 0.15) is 5.15 Å². The predicted octanol–water partition coefficient (Wildman–Crippen LogP) is 3.25. The Morgan fingerprint density at radius 1 is 1.50 bits per heavy atom. The Labute approximate surface area is 100 Å². The summed E-state index contributed by atoms with van der Waals surface area (Å²) < 4.78 is 0. The SMILES string of the molecule is O=C(CCCC1CC1)Nc1ccc(Cl)nc1. The number of hydrogen-bond acceptors (Lipinski definition) is 2. The van der Waals surface area contributed by atoms with Gasteiger partial charge < -0.3 is 5.32 Å².